The van der Waals surface area contributed by atoms with Gasteiger partial charge in [-0.1, -0.05) is 18.2 Å². The molecule has 1 aliphatic heterocycles. The van der Waals surface area contributed by atoms with Crippen LogP contribution in [0.5, 0.6) is 5.75 Å². The van der Waals surface area contributed by atoms with Gasteiger partial charge in [0.2, 0.25) is 0 Å². The Hall–Kier alpha value is -2.36. The Morgan fingerprint density at radius 3 is 2.62 bits per heavy atom. The molecule has 2 heterocycles. The number of hydrogen-bond acceptors (Lipinski definition) is 5. The van der Waals surface area contributed by atoms with E-state index in [0.717, 1.165) is 35.2 Å². The number of ether oxygens (including phenoxy) is 1. The van der Waals surface area contributed by atoms with Crippen LogP contribution in [0.4, 0.5) is 8.78 Å². The molecule has 0 aliphatic carbocycles. The Bertz CT molecular complexity index is 1040. The van der Waals surface area contributed by atoms with Crippen LogP contribution < -0.4 is 4.74 Å². The molecule has 2 atom stereocenters. The molecule has 1 fully saturated rings. The van der Waals surface area contributed by atoms with E-state index in [9.17, 15) is 13.9 Å². The molecular weight excluding hydrogens is 482 g/mol. The minimum absolute atomic E-state index is 0.00981. The fourth-order valence-corrected chi connectivity index (χ4v) is 4.63. The molecule has 0 saturated carbocycles. The Kier molecular flexibility index (Phi) is 6.88. The second kappa shape index (κ2) is 9.64. The molecule has 0 spiro atoms. The van der Waals surface area contributed by atoms with Crippen molar-refractivity contribution in [1.82, 2.24) is 19.7 Å². The van der Waals surface area contributed by atoms with Gasteiger partial charge in [0, 0.05) is 30.8 Å². The predicted octanol–water partition coefficient (Wildman–Crippen LogP) is 4.14. The van der Waals surface area contributed by atoms with E-state index >= 15 is 0 Å². The van der Waals surface area contributed by atoms with E-state index < -0.39 is 23.3 Å². The molecule has 1 N–H and O–H groups in total. The Morgan fingerprint density at radius 2 is 1.97 bits per heavy atom. The minimum atomic E-state index is -1.64. The zero-order valence-corrected chi connectivity index (χ0v) is 19.3. The second-order valence-electron chi connectivity index (χ2n) is 8.10. The van der Waals surface area contributed by atoms with E-state index in [2.05, 4.69) is 30.9 Å². The van der Waals surface area contributed by atoms with E-state index in [4.69, 9.17) is 4.74 Å². The highest BCUT2D eigenvalue weighted by atomic mass is 79.9. The number of aliphatic hydroxyl groups is 1. The molecule has 1 aliphatic rings. The summed E-state index contributed by atoms with van der Waals surface area (Å²) in [6, 6.07) is 10.5. The molecule has 9 heteroatoms. The fourth-order valence-electron chi connectivity index (χ4n) is 4.25. The maximum Gasteiger partial charge on any atom is 0.137 e. The fraction of sp³-hybridized carbons (Fsp3) is 0.391. The normalized spacial score (nSPS) is 18.3. The molecule has 0 amide bonds. The Labute approximate surface area is 194 Å². The number of nitrogens with zero attached hydrogens (tertiary/aromatic N) is 4. The van der Waals surface area contributed by atoms with E-state index in [1.807, 2.05) is 31.2 Å². The number of benzene rings is 2. The first-order valence-electron chi connectivity index (χ1n) is 10.5. The van der Waals surface area contributed by atoms with Gasteiger partial charge in [-0.2, -0.15) is 5.10 Å². The van der Waals surface area contributed by atoms with E-state index in [0.29, 0.717) is 13.1 Å². The lowest BCUT2D eigenvalue weighted by atomic mass is 9.84. The third-order valence-corrected chi connectivity index (χ3v) is 6.77. The van der Waals surface area contributed by atoms with Crippen LogP contribution in [-0.4, -0.2) is 50.0 Å². The summed E-state index contributed by atoms with van der Waals surface area (Å²) in [7, 11) is 0. The third-order valence-electron chi connectivity index (χ3n) is 6.11. The van der Waals surface area contributed by atoms with Gasteiger partial charge in [0.15, 0.2) is 0 Å². The topological polar surface area (TPSA) is 63.4 Å². The van der Waals surface area contributed by atoms with Gasteiger partial charge in [-0.3, -0.25) is 4.90 Å². The largest absolute Gasteiger partial charge is 0.489 e. The summed E-state index contributed by atoms with van der Waals surface area (Å²) in [6.45, 7) is 3.18. The van der Waals surface area contributed by atoms with Crippen molar-refractivity contribution in [1.29, 1.82) is 0 Å². The zero-order chi connectivity index (χ0) is 22.7. The summed E-state index contributed by atoms with van der Waals surface area (Å²) in [5.41, 5.74) is -1.60. The monoisotopic (exact) mass is 506 g/mol. The van der Waals surface area contributed by atoms with Crippen LogP contribution in [0.2, 0.25) is 0 Å². The summed E-state index contributed by atoms with van der Waals surface area (Å²) in [6.07, 6.45) is 4.39. The molecule has 3 aromatic rings. The number of hydrogen-bond donors (Lipinski definition) is 1. The molecule has 1 saturated heterocycles. The molecule has 170 valence electrons. The maximum atomic E-state index is 14.8. The lowest BCUT2D eigenvalue weighted by molar-refractivity contribution is -0.0747. The highest BCUT2D eigenvalue weighted by Gasteiger charge is 2.43. The van der Waals surface area contributed by atoms with Crippen molar-refractivity contribution in [3.63, 3.8) is 0 Å². The molecule has 2 aromatic carbocycles. The van der Waals surface area contributed by atoms with Crippen molar-refractivity contribution in [3.8, 4) is 5.75 Å². The first-order valence-corrected chi connectivity index (χ1v) is 11.3. The van der Waals surface area contributed by atoms with Crippen LogP contribution in [0.25, 0.3) is 0 Å². The van der Waals surface area contributed by atoms with Crippen molar-refractivity contribution in [3.05, 3.63) is 76.8 Å². The van der Waals surface area contributed by atoms with Gasteiger partial charge in [0.25, 0.3) is 0 Å². The molecule has 32 heavy (non-hydrogen) atoms. The van der Waals surface area contributed by atoms with Crippen LogP contribution in [-0.2, 0) is 12.1 Å². The Morgan fingerprint density at radius 1 is 1.22 bits per heavy atom. The van der Waals surface area contributed by atoms with Gasteiger partial charge >= 0.3 is 0 Å². The van der Waals surface area contributed by atoms with Crippen molar-refractivity contribution >= 4 is 15.9 Å². The van der Waals surface area contributed by atoms with Gasteiger partial charge in [-0.25, -0.2) is 18.4 Å². The highest BCUT2D eigenvalue weighted by molar-refractivity contribution is 9.10. The van der Waals surface area contributed by atoms with Gasteiger partial charge in [-0.05, 0) is 53.9 Å². The van der Waals surface area contributed by atoms with Gasteiger partial charge in [0.05, 0.1) is 11.0 Å². The van der Waals surface area contributed by atoms with Crippen molar-refractivity contribution in [2.24, 2.45) is 0 Å². The average Bonchev–Trinajstić information content (AvgIpc) is 3.28. The highest BCUT2D eigenvalue weighted by Crippen LogP contribution is 2.34. The zero-order valence-electron chi connectivity index (χ0n) is 17.7. The molecule has 0 unspecified atom stereocenters. The molecule has 4 rings (SSSR count). The quantitative estimate of drug-likeness (QED) is 0.521. The van der Waals surface area contributed by atoms with E-state index in [-0.39, 0.29) is 18.2 Å². The number of piperidine rings is 1. The van der Waals surface area contributed by atoms with Gasteiger partial charge < -0.3 is 9.84 Å². The van der Waals surface area contributed by atoms with E-state index in [1.54, 1.807) is 0 Å². The third kappa shape index (κ3) is 4.84. The average molecular weight is 507 g/mol. The molecule has 6 nitrogen and oxygen atoms in total. The molecule has 0 bridgehead atoms. The predicted molar refractivity (Wildman–Crippen MR) is 119 cm³/mol. The van der Waals surface area contributed by atoms with Crippen molar-refractivity contribution in [2.45, 2.75) is 44.1 Å². The van der Waals surface area contributed by atoms with Crippen molar-refractivity contribution in [2.75, 3.05) is 13.1 Å². The second-order valence-corrected chi connectivity index (χ2v) is 8.96. The summed E-state index contributed by atoms with van der Waals surface area (Å²) >= 11 is 3.51. The molecule has 0 radical (unpaired) electrons. The van der Waals surface area contributed by atoms with Gasteiger partial charge in [-0.15, -0.1) is 0 Å². The smallest absolute Gasteiger partial charge is 0.137 e. The van der Waals surface area contributed by atoms with Crippen LogP contribution in [0.3, 0.4) is 0 Å². The summed E-state index contributed by atoms with van der Waals surface area (Å²) in [4.78, 5) is 6.03. The summed E-state index contributed by atoms with van der Waals surface area (Å²) in [5.74, 6) is -0.672. The molecule has 1 aromatic heterocycles. The number of halogens is 3. The van der Waals surface area contributed by atoms with Crippen LogP contribution in [0, 0.1) is 11.6 Å². The van der Waals surface area contributed by atoms with Gasteiger partial charge in [0.1, 0.15) is 41.7 Å². The van der Waals surface area contributed by atoms with E-state index in [1.165, 1.54) is 23.4 Å². The Balaban J connectivity index is 1.51. The SMILES string of the molecule is C[C@@H](N1CCC(Oc2ccccc2Br)CC1)[C@](O)(Cn1cncn1)c1ccc(F)cc1F. The standard InChI is InChI=1S/C23H25BrF2N4O2/c1-16(29-10-8-18(9-11-29)32-22-5-3-2-4-20(22)24)23(31,13-30-15-27-14-28-30)19-7-6-17(25)12-21(19)26/h2-7,12,14-16,18,31H,8-11,13H2,1H3/t16-,23-/m1/s1. The number of para-hydroxylation sites is 1. The molecular formula is C23H25BrF2N4O2. The van der Waals surface area contributed by atoms with Crippen LogP contribution >= 0.6 is 15.9 Å². The van der Waals surface area contributed by atoms with Crippen LogP contribution in [0.15, 0.2) is 59.6 Å². The van der Waals surface area contributed by atoms with Crippen LogP contribution in [0.1, 0.15) is 25.3 Å². The maximum absolute atomic E-state index is 14.8. The first-order chi connectivity index (χ1) is 15.4. The minimum Gasteiger partial charge on any atom is -0.489 e. The first kappa shape index (κ1) is 22.8. The number of likely N-dealkylation sites (tertiary alicyclic amines) is 1. The number of rotatable bonds is 7. The summed E-state index contributed by atoms with van der Waals surface area (Å²) in [5, 5.41) is 15.8. The summed E-state index contributed by atoms with van der Waals surface area (Å²) < 4.78 is 36.8. The lowest BCUT2D eigenvalue weighted by Gasteiger charge is -2.44. The number of aromatic nitrogens is 3. The lowest BCUT2D eigenvalue weighted by Crippen LogP contribution is -2.54. The van der Waals surface area contributed by atoms with Crippen molar-refractivity contribution < 1.29 is 18.6 Å².